The smallest absolute Gasteiger partial charge is 0.175 e. The van der Waals surface area contributed by atoms with Gasteiger partial charge in [-0.25, -0.2) is 0 Å². The number of hydrogen-bond acceptors (Lipinski definition) is 3. The number of ether oxygens (including phenoxy) is 2. The molecule has 0 saturated heterocycles. The second-order valence-electron chi connectivity index (χ2n) is 6.22. The van der Waals surface area contributed by atoms with Gasteiger partial charge in [0.1, 0.15) is 6.61 Å². The fourth-order valence-electron chi connectivity index (χ4n) is 2.66. The first kappa shape index (κ1) is 19.6. The second-order valence-corrected chi connectivity index (χ2v) is 7.48. The first-order chi connectivity index (χ1) is 13.1. The Morgan fingerprint density at radius 2 is 1.74 bits per heavy atom. The highest BCUT2D eigenvalue weighted by Gasteiger charge is 2.12. The summed E-state index contributed by atoms with van der Waals surface area (Å²) >= 11 is 9.80. The molecule has 0 saturated carbocycles. The minimum Gasteiger partial charge on any atom is -0.493 e. The molecule has 3 aromatic rings. The van der Waals surface area contributed by atoms with Crippen molar-refractivity contribution in [1.29, 1.82) is 0 Å². The second kappa shape index (κ2) is 9.16. The molecule has 0 atom stereocenters. The van der Waals surface area contributed by atoms with Crippen LogP contribution in [0, 0.1) is 6.92 Å². The van der Waals surface area contributed by atoms with Gasteiger partial charge in [0.2, 0.25) is 0 Å². The topological polar surface area (TPSA) is 30.5 Å². The molecule has 3 rings (SSSR count). The number of rotatable bonds is 7. The molecule has 27 heavy (non-hydrogen) atoms. The summed E-state index contributed by atoms with van der Waals surface area (Å²) in [4.78, 5) is 0. The highest BCUT2D eigenvalue weighted by atomic mass is 79.9. The van der Waals surface area contributed by atoms with E-state index >= 15 is 0 Å². The standard InChI is InChI=1S/C22H21BrClNO2/c1-15-7-9-16(10-8-15)14-27-22-18(23)11-17(12-21(22)26-2)13-25-20-6-4-3-5-19(20)24/h3-12,25H,13-14H2,1-2H3. The van der Waals surface area contributed by atoms with Gasteiger partial charge in [-0.15, -0.1) is 0 Å². The normalized spacial score (nSPS) is 10.5. The quantitative estimate of drug-likeness (QED) is 0.443. The monoisotopic (exact) mass is 445 g/mol. The van der Waals surface area contributed by atoms with E-state index in [-0.39, 0.29) is 0 Å². The maximum atomic E-state index is 6.20. The van der Waals surface area contributed by atoms with Crippen LogP contribution >= 0.6 is 27.5 Å². The lowest BCUT2D eigenvalue weighted by molar-refractivity contribution is 0.282. The zero-order valence-corrected chi connectivity index (χ0v) is 17.6. The highest BCUT2D eigenvalue weighted by Crippen LogP contribution is 2.37. The van der Waals surface area contributed by atoms with Gasteiger partial charge in [0.05, 0.1) is 22.3 Å². The van der Waals surface area contributed by atoms with Crippen LogP contribution in [0.5, 0.6) is 11.5 Å². The SMILES string of the molecule is COc1cc(CNc2ccccc2Cl)cc(Br)c1OCc1ccc(C)cc1. The summed E-state index contributed by atoms with van der Waals surface area (Å²) in [6.07, 6.45) is 0. The average Bonchev–Trinajstić information content (AvgIpc) is 2.67. The van der Waals surface area contributed by atoms with Gasteiger partial charge < -0.3 is 14.8 Å². The first-order valence-electron chi connectivity index (χ1n) is 8.60. The van der Waals surface area contributed by atoms with Gasteiger partial charge >= 0.3 is 0 Å². The number of methoxy groups -OCH3 is 1. The van der Waals surface area contributed by atoms with Crippen molar-refractivity contribution in [2.45, 2.75) is 20.1 Å². The summed E-state index contributed by atoms with van der Waals surface area (Å²) in [7, 11) is 1.64. The van der Waals surface area contributed by atoms with Crippen molar-refractivity contribution >= 4 is 33.2 Å². The molecule has 0 bridgehead atoms. The lowest BCUT2D eigenvalue weighted by atomic mass is 10.1. The summed E-state index contributed by atoms with van der Waals surface area (Å²) in [6, 6.07) is 20.0. The molecular formula is C22H21BrClNO2. The van der Waals surface area contributed by atoms with Crippen LogP contribution in [0.2, 0.25) is 5.02 Å². The van der Waals surface area contributed by atoms with E-state index < -0.39 is 0 Å². The van der Waals surface area contributed by atoms with E-state index in [1.165, 1.54) is 5.56 Å². The molecule has 0 aliphatic heterocycles. The summed E-state index contributed by atoms with van der Waals surface area (Å²) in [5.41, 5.74) is 4.29. The van der Waals surface area contributed by atoms with Crippen molar-refractivity contribution in [2.75, 3.05) is 12.4 Å². The van der Waals surface area contributed by atoms with Crippen LogP contribution in [0.25, 0.3) is 0 Å². The van der Waals surface area contributed by atoms with Crippen LogP contribution in [0.15, 0.2) is 65.1 Å². The van der Waals surface area contributed by atoms with E-state index in [1.54, 1.807) is 7.11 Å². The van der Waals surface area contributed by atoms with Crippen LogP contribution < -0.4 is 14.8 Å². The number of hydrogen-bond donors (Lipinski definition) is 1. The largest absolute Gasteiger partial charge is 0.493 e. The van der Waals surface area contributed by atoms with E-state index in [4.69, 9.17) is 21.1 Å². The minimum atomic E-state index is 0.479. The number of benzene rings is 3. The Bertz CT molecular complexity index is 913. The molecule has 5 heteroatoms. The Kier molecular flexibility index (Phi) is 6.64. The number of para-hydroxylation sites is 1. The van der Waals surface area contributed by atoms with Gasteiger partial charge in [0.25, 0.3) is 0 Å². The van der Waals surface area contributed by atoms with Crippen molar-refractivity contribution in [2.24, 2.45) is 0 Å². The molecule has 0 radical (unpaired) electrons. The predicted octanol–water partition coefficient (Wildman–Crippen LogP) is 6.61. The fourth-order valence-corrected chi connectivity index (χ4v) is 3.46. The molecular weight excluding hydrogens is 426 g/mol. The van der Waals surface area contributed by atoms with Gasteiger partial charge in [0.15, 0.2) is 11.5 Å². The summed E-state index contributed by atoms with van der Waals surface area (Å²) < 4.78 is 12.4. The number of halogens is 2. The number of aryl methyl sites for hydroxylation is 1. The van der Waals surface area contributed by atoms with E-state index in [9.17, 15) is 0 Å². The molecule has 1 N–H and O–H groups in total. The van der Waals surface area contributed by atoms with Crippen molar-refractivity contribution < 1.29 is 9.47 Å². The molecule has 0 amide bonds. The van der Waals surface area contributed by atoms with E-state index in [0.29, 0.717) is 29.7 Å². The highest BCUT2D eigenvalue weighted by molar-refractivity contribution is 9.10. The van der Waals surface area contributed by atoms with Crippen LogP contribution in [-0.2, 0) is 13.2 Å². The zero-order chi connectivity index (χ0) is 19.2. The summed E-state index contributed by atoms with van der Waals surface area (Å²) in [5, 5.41) is 4.04. The van der Waals surface area contributed by atoms with Crippen LogP contribution in [-0.4, -0.2) is 7.11 Å². The maximum absolute atomic E-state index is 6.20. The molecule has 0 heterocycles. The van der Waals surface area contributed by atoms with Crippen molar-refractivity contribution in [3.05, 3.63) is 86.8 Å². The van der Waals surface area contributed by atoms with Crippen molar-refractivity contribution in [3.63, 3.8) is 0 Å². The molecule has 0 unspecified atom stereocenters. The third-order valence-corrected chi connectivity index (χ3v) is 5.07. The molecule has 3 aromatic carbocycles. The molecule has 0 fully saturated rings. The van der Waals surface area contributed by atoms with Gasteiger partial charge in [-0.2, -0.15) is 0 Å². The van der Waals surface area contributed by atoms with Crippen LogP contribution in [0.3, 0.4) is 0 Å². The van der Waals surface area contributed by atoms with Crippen LogP contribution in [0.1, 0.15) is 16.7 Å². The Morgan fingerprint density at radius 3 is 2.44 bits per heavy atom. The zero-order valence-electron chi connectivity index (χ0n) is 15.3. The summed E-state index contributed by atoms with van der Waals surface area (Å²) in [6.45, 7) is 3.17. The lowest BCUT2D eigenvalue weighted by Crippen LogP contribution is -2.03. The first-order valence-corrected chi connectivity index (χ1v) is 9.77. The Morgan fingerprint density at radius 1 is 1.00 bits per heavy atom. The number of anilines is 1. The van der Waals surface area contributed by atoms with Gasteiger partial charge in [-0.3, -0.25) is 0 Å². The third kappa shape index (κ3) is 5.18. The molecule has 140 valence electrons. The minimum absolute atomic E-state index is 0.479. The van der Waals surface area contributed by atoms with Crippen molar-refractivity contribution in [3.8, 4) is 11.5 Å². The predicted molar refractivity (Wildman–Crippen MR) is 115 cm³/mol. The van der Waals surface area contributed by atoms with Crippen molar-refractivity contribution in [1.82, 2.24) is 0 Å². The summed E-state index contributed by atoms with van der Waals surface area (Å²) in [5.74, 6) is 1.38. The molecule has 0 aliphatic rings. The maximum Gasteiger partial charge on any atom is 0.175 e. The van der Waals surface area contributed by atoms with Gasteiger partial charge in [-0.05, 0) is 58.2 Å². The fraction of sp³-hybridized carbons (Fsp3) is 0.182. The Balaban J connectivity index is 1.72. The van der Waals surface area contributed by atoms with Crippen LogP contribution in [0.4, 0.5) is 5.69 Å². The number of nitrogens with one attached hydrogen (secondary N) is 1. The molecule has 0 spiro atoms. The van der Waals surface area contributed by atoms with E-state index in [1.807, 2.05) is 36.4 Å². The molecule has 0 aromatic heterocycles. The lowest BCUT2D eigenvalue weighted by Gasteiger charge is -2.15. The Hall–Kier alpha value is -2.17. The average molecular weight is 447 g/mol. The van der Waals surface area contributed by atoms with E-state index in [0.717, 1.165) is 21.3 Å². The molecule has 3 nitrogen and oxygen atoms in total. The Labute approximate surface area is 173 Å². The van der Waals surface area contributed by atoms with Gasteiger partial charge in [0, 0.05) is 6.54 Å². The van der Waals surface area contributed by atoms with Gasteiger partial charge in [-0.1, -0.05) is 53.6 Å². The molecule has 0 aliphatic carbocycles. The third-order valence-electron chi connectivity index (χ3n) is 4.15. The van der Waals surface area contributed by atoms with E-state index in [2.05, 4.69) is 52.4 Å².